The Morgan fingerprint density at radius 3 is 2.77 bits per heavy atom. The zero-order valence-electron chi connectivity index (χ0n) is 17.3. The van der Waals surface area contributed by atoms with Gasteiger partial charge in [0.2, 0.25) is 5.91 Å². The summed E-state index contributed by atoms with van der Waals surface area (Å²) in [6.07, 6.45) is 1.04. The van der Waals surface area contributed by atoms with Gasteiger partial charge in [-0.05, 0) is 30.3 Å². The minimum absolute atomic E-state index is 0.108. The summed E-state index contributed by atoms with van der Waals surface area (Å²) in [6, 6.07) is 8.48. The Morgan fingerprint density at radius 2 is 2.10 bits per heavy atom. The van der Waals surface area contributed by atoms with Crippen LogP contribution in [0.1, 0.15) is 13.3 Å². The van der Waals surface area contributed by atoms with E-state index in [2.05, 4.69) is 15.2 Å². The molecule has 1 unspecified atom stereocenters. The van der Waals surface area contributed by atoms with E-state index in [0.717, 1.165) is 30.4 Å². The Hall–Kier alpha value is -2.81. The van der Waals surface area contributed by atoms with Crippen molar-refractivity contribution in [3.05, 3.63) is 42.3 Å². The second kappa shape index (κ2) is 9.55. The lowest BCUT2D eigenvalue weighted by atomic mass is 10.1. The Morgan fingerprint density at radius 1 is 1.29 bits per heavy atom. The number of anilines is 2. The van der Waals surface area contributed by atoms with Gasteiger partial charge in [0.15, 0.2) is 0 Å². The first-order chi connectivity index (χ1) is 15.0. The fourth-order valence-electron chi connectivity index (χ4n) is 3.62. The summed E-state index contributed by atoms with van der Waals surface area (Å²) in [7, 11) is 0. The molecule has 7 nitrogen and oxygen atoms in total. The van der Waals surface area contributed by atoms with Crippen molar-refractivity contribution in [3.63, 3.8) is 0 Å². The van der Waals surface area contributed by atoms with E-state index in [1.807, 2.05) is 23.9 Å². The van der Waals surface area contributed by atoms with Crippen molar-refractivity contribution < 1.29 is 18.7 Å². The Bertz CT molecular complexity index is 950. The van der Waals surface area contributed by atoms with Crippen LogP contribution in [0.5, 0.6) is 0 Å². The summed E-state index contributed by atoms with van der Waals surface area (Å²) in [5, 5.41) is 2.71. The number of hydrogen-bond acceptors (Lipinski definition) is 6. The van der Waals surface area contributed by atoms with E-state index in [-0.39, 0.29) is 19.0 Å². The summed E-state index contributed by atoms with van der Waals surface area (Å²) in [4.78, 5) is 31.7. The molecule has 164 valence electrons. The van der Waals surface area contributed by atoms with Gasteiger partial charge in [-0.15, -0.1) is 0 Å². The first-order valence-electron chi connectivity index (χ1n) is 10.4. The summed E-state index contributed by atoms with van der Waals surface area (Å²) in [5.74, 6) is 2.54. The van der Waals surface area contributed by atoms with Gasteiger partial charge in [-0.25, -0.2) is 14.2 Å². The quantitative estimate of drug-likeness (QED) is 0.737. The number of halogens is 1. The molecule has 9 heteroatoms. The van der Waals surface area contributed by atoms with Crippen LogP contribution < -0.4 is 15.1 Å². The zero-order valence-corrected chi connectivity index (χ0v) is 18.2. The van der Waals surface area contributed by atoms with Crippen molar-refractivity contribution in [1.82, 2.24) is 10.3 Å². The number of aromatic nitrogens is 1. The van der Waals surface area contributed by atoms with Gasteiger partial charge in [0, 0.05) is 48.3 Å². The number of cyclic esters (lactones) is 1. The van der Waals surface area contributed by atoms with Crippen molar-refractivity contribution >= 4 is 35.3 Å². The molecule has 0 saturated carbocycles. The number of thioether (sulfide) groups is 1. The van der Waals surface area contributed by atoms with Crippen molar-refractivity contribution in [1.29, 1.82) is 0 Å². The highest BCUT2D eigenvalue weighted by Crippen LogP contribution is 2.29. The molecule has 2 fully saturated rings. The molecule has 2 saturated heterocycles. The topological polar surface area (TPSA) is 74.8 Å². The number of amides is 2. The van der Waals surface area contributed by atoms with Crippen LogP contribution >= 0.6 is 11.8 Å². The second-order valence-electron chi connectivity index (χ2n) is 7.44. The van der Waals surface area contributed by atoms with Gasteiger partial charge in [0.05, 0.1) is 18.8 Å². The summed E-state index contributed by atoms with van der Waals surface area (Å²) >= 11 is 1.94. The molecular weight excluding hydrogens is 419 g/mol. The van der Waals surface area contributed by atoms with E-state index < -0.39 is 18.0 Å². The molecule has 0 spiro atoms. The highest BCUT2D eigenvalue weighted by Gasteiger charge is 2.32. The van der Waals surface area contributed by atoms with Crippen LogP contribution in [0.3, 0.4) is 0 Å². The number of carbonyl (C=O) groups is 2. The minimum atomic E-state index is -0.548. The molecule has 4 rings (SSSR count). The van der Waals surface area contributed by atoms with E-state index in [0.29, 0.717) is 23.2 Å². The van der Waals surface area contributed by atoms with Crippen molar-refractivity contribution in [2.45, 2.75) is 19.4 Å². The number of hydrogen-bond donors (Lipinski definition) is 1. The first-order valence-corrected chi connectivity index (χ1v) is 11.5. The van der Waals surface area contributed by atoms with Gasteiger partial charge in [-0.2, -0.15) is 11.8 Å². The van der Waals surface area contributed by atoms with E-state index in [1.54, 1.807) is 25.3 Å². The first kappa shape index (κ1) is 21.4. The Kier molecular flexibility index (Phi) is 6.60. The molecule has 2 aromatic rings. The van der Waals surface area contributed by atoms with Gasteiger partial charge in [0.25, 0.3) is 0 Å². The van der Waals surface area contributed by atoms with E-state index in [4.69, 9.17) is 4.74 Å². The standard InChI is InChI=1S/C22H25FN4O3S/c1-2-21(28)25-13-17-14-27(22(29)30-17)16-4-5-18(19(23)11-16)15-3-6-20(24-12-15)26-7-9-31-10-8-26/h3-6,11-12,17H,2,7-10,13-14H2,1H3,(H,25,28). The molecule has 1 N–H and O–H groups in total. The van der Waals surface area contributed by atoms with Crippen LogP contribution in [-0.4, -0.2) is 60.8 Å². The van der Waals surface area contributed by atoms with E-state index in [9.17, 15) is 14.0 Å². The van der Waals surface area contributed by atoms with Gasteiger partial charge in [-0.3, -0.25) is 9.69 Å². The fraction of sp³-hybridized carbons (Fsp3) is 0.409. The largest absolute Gasteiger partial charge is 0.442 e. The summed E-state index contributed by atoms with van der Waals surface area (Å²) < 4.78 is 20.2. The van der Waals surface area contributed by atoms with Crippen LogP contribution in [0.15, 0.2) is 36.5 Å². The molecule has 1 aromatic carbocycles. The van der Waals surface area contributed by atoms with Crippen LogP contribution in [0, 0.1) is 5.82 Å². The highest BCUT2D eigenvalue weighted by molar-refractivity contribution is 7.99. The fourth-order valence-corrected chi connectivity index (χ4v) is 4.53. The van der Waals surface area contributed by atoms with Crippen molar-refractivity contribution in [3.8, 4) is 11.1 Å². The van der Waals surface area contributed by atoms with E-state index >= 15 is 0 Å². The van der Waals surface area contributed by atoms with Crippen molar-refractivity contribution in [2.24, 2.45) is 0 Å². The zero-order chi connectivity index (χ0) is 21.8. The lowest BCUT2D eigenvalue weighted by Gasteiger charge is -2.27. The van der Waals surface area contributed by atoms with Crippen molar-refractivity contribution in [2.75, 3.05) is 47.5 Å². The maximum atomic E-state index is 14.9. The molecule has 2 aliphatic rings. The van der Waals surface area contributed by atoms with Gasteiger partial charge >= 0.3 is 6.09 Å². The number of rotatable bonds is 6. The van der Waals surface area contributed by atoms with E-state index in [1.165, 1.54) is 11.0 Å². The predicted molar refractivity (Wildman–Crippen MR) is 120 cm³/mol. The third kappa shape index (κ3) is 4.92. The number of ether oxygens (including phenoxy) is 1. The second-order valence-corrected chi connectivity index (χ2v) is 8.67. The molecule has 2 amide bonds. The lowest BCUT2D eigenvalue weighted by Crippen LogP contribution is -2.34. The Labute approximate surface area is 185 Å². The predicted octanol–water partition coefficient (Wildman–Crippen LogP) is 3.29. The van der Waals surface area contributed by atoms with Crippen LogP contribution in [0.2, 0.25) is 0 Å². The average molecular weight is 445 g/mol. The average Bonchev–Trinajstić information content (AvgIpc) is 3.18. The number of benzene rings is 1. The minimum Gasteiger partial charge on any atom is -0.442 e. The third-order valence-electron chi connectivity index (χ3n) is 5.38. The summed E-state index contributed by atoms with van der Waals surface area (Å²) in [6.45, 7) is 4.18. The van der Waals surface area contributed by atoms with Crippen LogP contribution in [0.4, 0.5) is 20.7 Å². The molecule has 2 aliphatic heterocycles. The Balaban J connectivity index is 1.44. The maximum Gasteiger partial charge on any atom is 0.414 e. The third-order valence-corrected chi connectivity index (χ3v) is 6.32. The molecule has 1 aromatic heterocycles. The monoisotopic (exact) mass is 444 g/mol. The number of carbonyl (C=O) groups excluding carboxylic acids is 2. The van der Waals surface area contributed by atoms with Crippen LogP contribution in [-0.2, 0) is 9.53 Å². The molecule has 0 radical (unpaired) electrons. The molecule has 0 bridgehead atoms. The normalized spacial score (nSPS) is 18.8. The summed E-state index contributed by atoms with van der Waals surface area (Å²) in [5.41, 5.74) is 1.53. The molecule has 3 heterocycles. The molecule has 0 aliphatic carbocycles. The smallest absolute Gasteiger partial charge is 0.414 e. The molecular formula is C22H25FN4O3S. The van der Waals surface area contributed by atoms with Gasteiger partial charge < -0.3 is 15.0 Å². The SMILES string of the molecule is CCC(=O)NCC1CN(c2ccc(-c3ccc(N4CCSCC4)nc3)c(F)c2)C(=O)O1. The van der Waals surface area contributed by atoms with Gasteiger partial charge in [-0.1, -0.05) is 6.92 Å². The highest BCUT2D eigenvalue weighted by atomic mass is 32.2. The number of nitrogens with zero attached hydrogens (tertiary/aromatic N) is 3. The van der Waals surface area contributed by atoms with Crippen LogP contribution in [0.25, 0.3) is 11.1 Å². The van der Waals surface area contributed by atoms with Gasteiger partial charge in [0.1, 0.15) is 17.7 Å². The maximum absolute atomic E-state index is 14.9. The lowest BCUT2D eigenvalue weighted by molar-refractivity contribution is -0.121. The number of nitrogens with one attached hydrogen (secondary N) is 1. The molecule has 1 atom stereocenters. The molecule has 31 heavy (non-hydrogen) atoms. The number of pyridine rings is 1.